The maximum atomic E-state index is 5.03. The molecule has 8 nitrogen and oxygen atoms in total. The maximum absolute atomic E-state index is 5.03. The van der Waals surface area contributed by atoms with Gasteiger partial charge in [0.25, 0.3) is 0 Å². The molecule has 0 aromatic carbocycles. The third kappa shape index (κ3) is 3.54. The molecule has 1 fully saturated rings. The molecule has 154 valence electrons. The molecule has 0 spiro atoms. The van der Waals surface area contributed by atoms with Crippen LogP contribution < -0.4 is 10.2 Å². The molecule has 5 heterocycles. The van der Waals surface area contributed by atoms with E-state index in [9.17, 15) is 0 Å². The number of nitrogens with zero attached hydrogens (tertiary/aromatic N) is 5. The van der Waals surface area contributed by atoms with E-state index >= 15 is 0 Å². The molecule has 0 radical (unpaired) electrons. The quantitative estimate of drug-likeness (QED) is 0.457. The monoisotopic (exact) mass is 402 g/mol. The van der Waals surface area contributed by atoms with E-state index in [4.69, 9.17) is 4.98 Å². The summed E-state index contributed by atoms with van der Waals surface area (Å²) >= 11 is 0. The summed E-state index contributed by atoms with van der Waals surface area (Å²) in [5, 5.41) is 11.4. The molecule has 3 N–H and O–H groups in total. The van der Waals surface area contributed by atoms with E-state index in [1.807, 2.05) is 31.0 Å². The van der Waals surface area contributed by atoms with E-state index in [0.717, 1.165) is 78.1 Å². The minimum absolute atomic E-state index is 0.507. The Hall–Kier alpha value is -3.26. The SMILES string of the molecule is CCCN(c1cncc(-c2c[nH]c3ncc(-c4cn[nH]c4)cc23)n1)C1CCNCC1. The maximum Gasteiger partial charge on any atom is 0.148 e. The number of aromatic nitrogens is 6. The highest BCUT2D eigenvalue weighted by Crippen LogP contribution is 2.31. The Morgan fingerprint density at radius 3 is 2.77 bits per heavy atom. The first-order chi connectivity index (χ1) is 14.8. The summed E-state index contributed by atoms with van der Waals surface area (Å²) in [5.74, 6) is 0.953. The first kappa shape index (κ1) is 18.7. The second kappa shape index (κ2) is 8.23. The molecule has 0 amide bonds. The van der Waals surface area contributed by atoms with Crippen LogP contribution in [0.15, 0.2) is 43.2 Å². The molecule has 0 unspecified atom stereocenters. The molecule has 4 aromatic heterocycles. The van der Waals surface area contributed by atoms with Gasteiger partial charge in [-0.1, -0.05) is 6.92 Å². The highest BCUT2D eigenvalue weighted by molar-refractivity contribution is 5.94. The molecular formula is C22H26N8. The van der Waals surface area contributed by atoms with Crippen molar-refractivity contribution in [2.45, 2.75) is 32.2 Å². The summed E-state index contributed by atoms with van der Waals surface area (Å²) < 4.78 is 0. The second-order valence-corrected chi connectivity index (χ2v) is 7.75. The van der Waals surface area contributed by atoms with Gasteiger partial charge in [-0.3, -0.25) is 10.1 Å². The lowest BCUT2D eigenvalue weighted by Crippen LogP contribution is -2.44. The summed E-state index contributed by atoms with van der Waals surface area (Å²) in [7, 11) is 0. The van der Waals surface area contributed by atoms with Gasteiger partial charge < -0.3 is 15.2 Å². The summed E-state index contributed by atoms with van der Waals surface area (Å²) in [5.41, 5.74) is 4.74. The predicted octanol–water partition coefficient (Wildman–Crippen LogP) is 3.38. The van der Waals surface area contributed by atoms with Crippen LogP contribution in [0.3, 0.4) is 0 Å². The van der Waals surface area contributed by atoms with Gasteiger partial charge >= 0.3 is 0 Å². The summed E-state index contributed by atoms with van der Waals surface area (Å²) in [6, 6.07) is 2.64. The van der Waals surface area contributed by atoms with Crippen LogP contribution in [-0.2, 0) is 0 Å². The number of hydrogen-bond donors (Lipinski definition) is 3. The summed E-state index contributed by atoms with van der Waals surface area (Å²) in [4.78, 5) is 19.9. The minimum atomic E-state index is 0.507. The number of aromatic amines is 2. The van der Waals surface area contributed by atoms with Gasteiger partial charge in [0.1, 0.15) is 11.5 Å². The zero-order valence-corrected chi connectivity index (χ0v) is 17.1. The molecule has 8 heteroatoms. The fraction of sp³-hybridized carbons (Fsp3) is 0.364. The van der Waals surface area contributed by atoms with Crippen LogP contribution in [-0.4, -0.2) is 55.8 Å². The minimum Gasteiger partial charge on any atom is -0.352 e. The number of fused-ring (bicyclic) bond motifs is 1. The Labute approximate surface area is 175 Å². The highest BCUT2D eigenvalue weighted by Gasteiger charge is 2.22. The van der Waals surface area contributed by atoms with Gasteiger partial charge in [-0.2, -0.15) is 5.10 Å². The Bertz CT molecular complexity index is 1110. The van der Waals surface area contributed by atoms with Gasteiger partial charge in [0.05, 0.1) is 24.3 Å². The number of piperidine rings is 1. The zero-order chi connectivity index (χ0) is 20.3. The third-order valence-electron chi connectivity index (χ3n) is 5.77. The lowest BCUT2D eigenvalue weighted by atomic mass is 10.0. The van der Waals surface area contributed by atoms with Gasteiger partial charge in [0.15, 0.2) is 0 Å². The van der Waals surface area contributed by atoms with Crippen LogP contribution in [0, 0.1) is 0 Å². The third-order valence-corrected chi connectivity index (χ3v) is 5.77. The molecule has 0 saturated carbocycles. The van der Waals surface area contributed by atoms with Crippen molar-refractivity contribution in [1.82, 2.24) is 35.5 Å². The average molecular weight is 403 g/mol. The largest absolute Gasteiger partial charge is 0.352 e. The number of hydrogen-bond acceptors (Lipinski definition) is 6. The van der Waals surface area contributed by atoms with Crippen molar-refractivity contribution in [2.75, 3.05) is 24.5 Å². The molecule has 5 rings (SSSR count). The second-order valence-electron chi connectivity index (χ2n) is 7.75. The first-order valence-electron chi connectivity index (χ1n) is 10.6. The van der Waals surface area contributed by atoms with E-state index in [-0.39, 0.29) is 0 Å². The smallest absolute Gasteiger partial charge is 0.148 e. The number of rotatable bonds is 6. The normalized spacial score (nSPS) is 15.0. The van der Waals surface area contributed by atoms with Crippen molar-refractivity contribution < 1.29 is 0 Å². The fourth-order valence-corrected chi connectivity index (χ4v) is 4.25. The highest BCUT2D eigenvalue weighted by atomic mass is 15.2. The van der Waals surface area contributed by atoms with Crippen molar-refractivity contribution in [2.24, 2.45) is 0 Å². The Morgan fingerprint density at radius 2 is 1.97 bits per heavy atom. The molecule has 0 atom stereocenters. The van der Waals surface area contributed by atoms with Crippen LogP contribution in [0.5, 0.6) is 0 Å². The predicted molar refractivity (Wildman–Crippen MR) is 118 cm³/mol. The zero-order valence-electron chi connectivity index (χ0n) is 17.1. The standard InChI is InChI=1S/C22H26N8/c1-2-7-30(17-3-5-23-6-4-17)21-14-24-13-20(29-21)19-12-26-22-18(19)8-15(9-25-22)16-10-27-28-11-16/h8-14,17,23H,2-7H2,1H3,(H,25,26)(H,27,28). The number of H-pyrrole nitrogens is 2. The Balaban J connectivity index is 1.53. The topological polar surface area (TPSA) is 98.4 Å². The van der Waals surface area contributed by atoms with Crippen LogP contribution >= 0.6 is 0 Å². The van der Waals surface area contributed by atoms with Crippen molar-refractivity contribution in [1.29, 1.82) is 0 Å². The van der Waals surface area contributed by atoms with Gasteiger partial charge in [-0.15, -0.1) is 0 Å². The van der Waals surface area contributed by atoms with Gasteiger partial charge in [0.2, 0.25) is 0 Å². The van der Waals surface area contributed by atoms with Gasteiger partial charge in [-0.25, -0.2) is 9.97 Å². The van der Waals surface area contributed by atoms with E-state index < -0.39 is 0 Å². The summed E-state index contributed by atoms with van der Waals surface area (Å²) in [6.45, 7) is 5.32. The molecule has 4 aromatic rings. The molecular weight excluding hydrogens is 376 g/mol. The molecule has 30 heavy (non-hydrogen) atoms. The van der Waals surface area contributed by atoms with Crippen LogP contribution in [0.25, 0.3) is 33.4 Å². The lowest BCUT2D eigenvalue weighted by molar-refractivity contribution is 0.427. The van der Waals surface area contributed by atoms with Gasteiger partial charge in [-0.05, 0) is 38.4 Å². The van der Waals surface area contributed by atoms with Crippen molar-refractivity contribution >= 4 is 16.9 Å². The Morgan fingerprint density at radius 1 is 1.07 bits per heavy atom. The first-order valence-corrected chi connectivity index (χ1v) is 10.6. The average Bonchev–Trinajstić information content (AvgIpc) is 3.48. The number of pyridine rings is 1. The fourth-order valence-electron chi connectivity index (χ4n) is 4.25. The van der Waals surface area contributed by atoms with E-state index in [2.05, 4.69) is 48.4 Å². The van der Waals surface area contributed by atoms with E-state index in [1.54, 1.807) is 6.20 Å². The lowest BCUT2D eigenvalue weighted by Gasteiger charge is -2.35. The number of anilines is 1. The van der Waals surface area contributed by atoms with Crippen LogP contribution in [0.4, 0.5) is 5.82 Å². The van der Waals surface area contributed by atoms with Crippen molar-refractivity contribution in [3.63, 3.8) is 0 Å². The van der Waals surface area contributed by atoms with Gasteiger partial charge in [0, 0.05) is 53.3 Å². The Kier molecular flexibility index (Phi) is 5.15. The van der Waals surface area contributed by atoms with Crippen molar-refractivity contribution in [3.05, 3.63) is 43.2 Å². The molecule has 0 bridgehead atoms. The summed E-state index contributed by atoms with van der Waals surface area (Å²) in [6.07, 6.45) is 14.6. The molecule has 1 aliphatic rings. The molecule has 1 aliphatic heterocycles. The van der Waals surface area contributed by atoms with Crippen LogP contribution in [0.2, 0.25) is 0 Å². The van der Waals surface area contributed by atoms with Crippen LogP contribution in [0.1, 0.15) is 26.2 Å². The molecule has 1 saturated heterocycles. The molecule has 0 aliphatic carbocycles. The van der Waals surface area contributed by atoms with E-state index in [1.165, 1.54) is 0 Å². The van der Waals surface area contributed by atoms with E-state index in [0.29, 0.717) is 6.04 Å². The van der Waals surface area contributed by atoms with Crippen molar-refractivity contribution in [3.8, 4) is 22.4 Å². The number of nitrogens with one attached hydrogen (secondary N) is 3.